The molecular weight excluding hydrogens is 428 g/mol. The minimum atomic E-state index is -0.898. The number of aliphatic hydroxyl groups is 2. The van der Waals surface area contributed by atoms with Gasteiger partial charge in [0, 0.05) is 29.3 Å². The molecule has 10 heteroatoms. The number of carbonyl (C=O) groups is 2. The van der Waals surface area contributed by atoms with Crippen molar-refractivity contribution in [2.75, 3.05) is 26.4 Å². The third-order valence-electron chi connectivity index (χ3n) is 4.79. The van der Waals surface area contributed by atoms with Gasteiger partial charge in [-0.25, -0.2) is 0 Å². The predicted octanol–water partition coefficient (Wildman–Crippen LogP) is 2.68. The van der Waals surface area contributed by atoms with Crippen LogP contribution in [0.5, 0.6) is 0 Å². The lowest BCUT2D eigenvalue weighted by Gasteiger charge is -2.25. The maximum absolute atomic E-state index is 12.8. The Kier molecular flexibility index (Phi) is 7.01. The Bertz CT molecular complexity index is 1020. The Hall–Kier alpha value is -3.27. The summed E-state index contributed by atoms with van der Waals surface area (Å²) >= 11 is 5.96. The summed E-state index contributed by atoms with van der Waals surface area (Å²) in [6, 6.07) is 10.6. The van der Waals surface area contributed by atoms with Crippen LogP contribution in [-0.4, -0.2) is 58.1 Å². The number of amides is 1. The molecule has 1 saturated heterocycles. The van der Waals surface area contributed by atoms with Crippen molar-refractivity contribution in [3.05, 3.63) is 80.4 Å². The molecule has 2 aromatic rings. The van der Waals surface area contributed by atoms with Crippen LogP contribution in [0.2, 0.25) is 5.02 Å². The maximum Gasteiger partial charge on any atom is 0.295 e. The lowest BCUT2D eigenvalue weighted by atomic mass is 9.95. The van der Waals surface area contributed by atoms with Gasteiger partial charge >= 0.3 is 0 Å². The first-order chi connectivity index (χ1) is 14.8. The number of nitro groups is 1. The van der Waals surface area contributed by atoms with E-state index in [1.807, 2.05) is 0 Å². The molecular formula is C21H19ClN2O7. The van der Waals surface area contributed by atoms with Gasteiger partial charge in [-0.05, 0) is 29.8 Å². The fourth-order valence-corrected chi connectivity index (χ4v) is 3.45. The third kappa shape index (κ3) is 4.74. The fourth-order valence-electron chi connectivity index (χ4n) is 3.33. The van der Waals surface area contributed by atoms with Crippen molar-refractivity contribution in [3.63, 3.8) is 0 Å². The topological polar surface area (TPSA) is 130 Å². The number of hydrogen-bond donors (Lipinski definition) is 2. The Morgan fingerprint density at radius 2 is 1.74 bits per heavy atom. The number of halogens is 1. The summed E-state index contributed by atoms with van der Waals surface area (Å²) in [6.07, 6.45) is 0. The number of nitro benzene ring substituents is 1. The monoisotopic (exact) mass is 446 g/mol. The van der Waals surface area contributed by atoms with Crippen molar-refractivity contribution in [1.29, 1.82) is 0 Å². The van der Waals surface area contributed by atoms with Gasteiger partial charge in [0.15, 0.2) is 0 Å². The smallest absolute Gasteiger partial charge is 0.295 e. The lowest BCUT2D eigenvalue weighted by Crippen LogP contribution is -2.33. The van der Waals surface area contributed by atoms with E-state index in [1.165, 1.54) is 29.2 Å². The SMILES string of the molecule is O=C1C(=O)N(CCOCCO)[C@@H](c2ccc(Cl)cc2)/C1=C(\O)c1ccc([N+](=O)[O-])cc1. The molecule has 0 saturated carbocycles. The van der Waals surface area contributed by atoms with Gasteiger partial charge in [0.25, 0.3) is 17.4 Å². The molecule has 1 atom stereocenters. The van der Waals surface area contributed by atoms with E-state index in [0.29, 0.717) is 10.6 Å². The van der Waals surface area contributed by atoms with Crippen LogP contribution in [-0.2, 0) is 14.3 Å². The lowest BCUT2D eigenvalue weighted by molar-refractivity contribution is -0.384. The molecule has 0 unspecified atom stereocenters. The van der Waals surface area contributed by atoms with E-state index < -0.39 is 28.4 Å². The van der Waals surface area contributed by atoms with Crippen LogP contribution in [0.25, 0.3) is 5.76 Å². The molecule has 1 amide bonds. The molecule has 162 valence electrons. The summed E-state index contributed by atoms with van der Waals surface area (Å²) in [5.74, 6) is -2.12. The largest absolute Gasteiger partial charge is 0.507 e. The molecule has 0 aromatic heterocycles. The molecule has 31 heavy (non-hydrogen) atoms. The summed E-state index contributed by atoms with van der Waals surface area (Å²) in [7, 11) is 0. The van der Waals surface area contributed by atoms with Gasteiger partial charge in [-0.1, -0.05) is 23.7 Å². The molecule has 0 spiro atoms. The number of ether oxygens (including phenoxy) is 1. The molecule has 1 heterocycles. The average molecular weight is 447 g/mol. The zero-order chi connectivity index (χ0) is 22.5. The highest BCUT2D eigenvalue weighted by Gasteiger charge is 2.45. The molecule has 2 aromatic carbocycles. The van der Waals surface area contributed by atoms with E-state index in [0.717, 1.165) is 0 Å². The zero-order valence-corrected chi connectivity index (χ0v) is 17.0. The second kappa shape index (κ2) is 9.69. The number of benzene rings is 2. The van der Waals surface area contributed by atoms with Gasteiger partial charge in [0.2, 0.25) is 0 Å². The van der Waals surface area contributed by atoms with Crippen LogP contribution in [0.3, 0.4) is 0 Å². The number of carbonyl (C=O) groups excluding carboxylic acids is 2. The summed E-state index contributed by atoms with van der Waals surface area (Å²) in [5.41, 5.74) is 0.406. The fraction of sp³-hybridized carbons (Fsp3) is 0.238. The first kappa shape index (κ1) is 22.4. The van der Waals surface area contributed by atoms with E-state index in [1.54, 1.807) is 24.3 Å². The highest BCUT2D eigenvalue weighted by Crippen LogP contribution is 2.39. The van der Waals surface area contributed by atoms with Gasteiger partial charge in [0.05, 0.1) is 36.4 Å². The van der Waals surface area contributed by atoms with Gasteiger partial charge in [-0.3, -0.25) is 19.7 Å². The number of non-ortho nitro benzene ring substituents is 1. The number of rotatable bonds is 8. The van der Waals surface area contributed by atoms with Crippen molar-refractivity contribution in [3.8, 4) is 0 Å². The zero-order valence-electron chi connectivity index (χ0n) is 16.2. The molecule has 0 radical (unpaired) electrons. The Morgan fingerprint density at radius 1 is 1.10 bits per heavy atom. The van der Waals surface area contributed by atoms with Crippen LogP contribution in [0, 0.1) is 10.1 Å². The van der Waals surface area contributed by atoms with Crippen molar-refractivity contribution in [2.24, 2.45) is 0 Å². The van der Waals surface area contributed by atoms with Gasteiger partial charge < -0.3 is 19.8 Å². The Morgan fingerprint density at radius 3 is 2.32 bits per heavy atom. The van der Waals surface area contributed by atoms with Crippen molar-refractivity contribution >= 4 is 34.7 Å². The first-order valence-corrected chi connectivity index (χ1v) is 9.70. The minimum absolute atomic E-state index is 0.0505. The molecule has 1 aliphatic rings. The second-order valence-corrected chi connectivity index (χ2v) is 7.12. The summed E-state index contributed by atoms with van der Waals surface area (Å²) in [6.45, 7) is 0.0298. The summed E-state index contributed by atoms with van der Waals surface area (Å²) < 4.78 is 5.23. The number of hydrogen-bond acceptors (Lipinski definition) is 7. The Balaban J connectivity index is 2.05. The quantitative estimate of drug-likeness (QED) is 0.159. The van der Waals surface area contributed by atoms with E-state index in [9.17, 15) is 24.8 Å². The number of Topliss-reactive ketones (excluding diaryl/α,β-unsaturated/α-hetero) is 1. The van der Waals surface area contributed by atoms with Crippen LogP contribution in [0.4, 0.5) is 5.69 Å². The van der Waals surface area contributed by atoms with E-state index >= 15 is 0 Å². The number of likely N-dealkylation sites (tertiary alicyclic amines) is 1. The standard InChI is InChI=1S/C21H19ClN2O7/c22-15-5-1-13(2-6-15)18-17(19(26)14-3-7-16(8-4-14)24(29)30)20(27)21(28)23(18)9-11-31-12-10-25/h1-8,18,25-26H,9-12H2/b19-17+/t18-/m0/s1. The third-order valence-corrected chi connectivity index (χ3v) is 5.04. The van der Waals surface area contributed by atoms with Gasteiger partial charge in [-0.15, -0.1) is 0 Å². The van der Waals surface area contributed by atoms with Crippen LogP contribution in [0.1, 0.15) is 17.2 Å². The normalized spacial score (nSPS) is 17.9. The summed E-state index contributed by atoms with van der Waals surface area (Å²) in [5, 5.41) is 31.1. The Labute approximate surface area is 182 Å². The molecule has 3 rings (SSSR count). The predicted molar refractivity (Wildman–Crippen MR) is 111 cm³/mol. The van der Waals surface area contributed by atoms with Crippen LogP contribution in [0.15, 0.2) is 54.1 Å². The molecule has 9 nitrogen and oxygen atoms in total. The van der Waals surface area contributed by atoms with E-state index in [2.05, 4.69) is 0 Å². The second-order valence-electron chi connectivity index (χ2n) is 6.68. The van der Waals surface area contributed by atoms with Crippen molar-refractivity contribution in [1.82, 2.24) is 4.90 Å². The van der Waals surface area contributed by atoms with Crippen LogP contribution >= 0.6 is 11.6 Å². The van der Waals surface area contributed by atoms with E-state index in [-0.39, 0.29) is 43.2 Å². The molecule has 1 aliphatic heterocycles. The molecule has 2 N–H and O–H groups in total. The van der Waals surface area contributed by atoms with Crippen molar-refractivity contribution in [2.45, 2.75) is 6.04 Å². The number of aliphatic hydroxyl groups excluding tert-OH is 2. The number of ketones is 1. The first-order valence-electron chi connectivity index (χ1n) is 9.32. The molecule has 1 fully saturated rings. The number of nitrogens with zero attached hydrogens (tertiary/aromatic N) is 2. The molecule has 0 aliphatic carbocycles. The average Bonchev–Trinajstić information content (AvgIpc) is 3.01. The van der Waals surface area contributed by atoms with E-state index in [4.69, 9.17) is 21.4 Å². The van der Waals surface area contributed by atoms with Gasteiger partial charge in [-0.2, -0.15) is 0 Å². The highest BCUT2D eigenvalue weighted by molar-refractivity contribution is 6.46. The van der Waals surface area contributed by atoms with Gasteiger partial charge in [0.1, 0.15) is 5.76 Å². The van der Waals surface area contributed by atoms with Crippen LogP contribution < -0.4 is 0 Å². The molecule has 0 bridgehead atoms. The summed E-state index contributed by atoms with van der Waals surface area (Å²) in [4.78, 5) is 37.1. The van der Waals surface area contributed by atoms with Crippen molar-refractivity contribution < 1.29 is 29.5 Å². The highest BCUT2D eigenvalue weighted by atomic mass is 35.5. The maximum atomic E-state index is 12.8. The minimum Gasteiger partial charge on any atom is -0.507 e.